The number of benzene rings is 2. The van der Waals surface area contributed by atoms with Crippen molar-refractivity contribution in [3.63, 3.8) is 0 Å². The van der Waals surface area contributed by atoms with Gasteiger partial charge in [0.05, 0.1) is 7.11 Å². The first-order valence-corrected chi connectivity index (χ1v) is 5.30. The third-order valence-corrected chi connectivity index (χ3v) is 2.63. The number of aryl methyl sites for hydroxylation is 1. The SMILES string of the molecule is COC(=O)C#Cc1ccc(C)c2ccccc12. The predicted octanol–water partition coefficient (Wildman–Crippen LogP) is 2.67. The molecule has 0 radical (unpaired) electrons. The molecule has 0 saturated carbocycles. The van der Waals surface area contributed by atoms with Crippen molar-refractivity contribution in [2.75, 3.05) is 7.11 Å². The van der Waals surface area contributed by atoms with Crippen molar-refractivity contribution in [1.82, 2.24) is 0 Å². The molecule has 0 saturated heterocycles. The van der Waals surface area contributed by atoms with Crippen LogP contribution in [0.5, 0.6) is 0 Å². The predicted molar refractivity (Wildman–Crippen MR) is 67.6 cm³/mol. The third-order valence-electron chi connectivity index (χ3n) is 2.63. The van der Waals surface area contributed by atoms with Crippen molar-refractivity contribution in [2.45, 2.75) is 6.92 Å². The molecular formula is C15H12O2. The average molecular weight is 224 g/mol. The van der Waals surface area contributed by atoms with E-state index in [-0.39, 0.29) is 0 Å². The van der Waals surface area contributed by atoms with Crippen molar-refractivity contribution in [2.24, 2.45) is 0 Å². The zero-order valence-electron chi connectivity index (χ0n) is 9.78. The smallest absolute Gasteiger partial charge is 0.384 e. The Balaban J connectivity index is 2.58. The molecule has 2 nitrogen and oxygen atoms in total. The van der Waals surface area contributed by atoms with Gasteiger partial charge in [0.2, 0.25) is 0 Å². The minimum absolute atomic E-state index is 0.519. The highest BCUT2D eigenvalue weighted by Crippen LogP contribution is 2.21. The number of carbonyl (C=O) groups excluding carboxylic acids is 1. The summed E-state index contributed by atoms with van der Waals surface area (Å²) in [4.78, 5) is 11.0. The Bertz CT molecular complexity index is 630. The number of methoxy groups -OCH3 is 1. The topological polar surface area (TPSA) is 26.3 Å². The third kappa shape index (κ3) is 2.29. The lowest BCUT2D eigenvalue weighted by atomic mass is 10.0. The molecule has 2 rings (SSSR count). The van der Waals surface area contributed by atoms with Gasteiger partial charge in [-0.25, -0.2) is 4.79 Å². The molecule has 0 atom stereocenters. The molecule has 84 valence electrons. The number of carbonyl (C=O) groups is 1. The summed E-state index contributed by atoms with van der Waals surface area (Å²) < 4.78 is 4.50. The Kier molecular flexibility index (Phi) is 3.11. The molecule has 0 heterocycles. The fourth-order valence-corrected chi connectivity index (χ4v) is 1.73. The molecule has 17 heavy (non-hydrogen) atoms. The Morgan fingerprint density at radius 1 is 1.12 bits per heavy atom. The van der Waals surface area contributed by atoms with E-state index in [1.807, 2.05) is 36.4 Å². The highest BCUT2D eigenvalue weighted by molar-refractivity contribution is 5.94. The van der Waals surface area contributed by atoms with Crippen LogP contribution in [0.15, 0.2) is 36.4 Å². The van der Waals surface area contributed by atoms with Gasteiger partial charge >= 0.3 is 5.97 Å². The van der Waals surface area contributed by atoms with E-state index in [4.69, 9.17) is 0 Å². The molecule has 2 aromatic carbocycles. The zero-order chi connectivity index (χ0) is 12.3. The first-order chi connectivity index (χ1) is 8.22. The van der Waals surface area contributed by atoms with Crippen LogP contribution in [0.25, 0.3) is 10.8 Å². The molecular weight excluding hydrogens is 212 g/mol. The normalized spacial score (nSPS) is 9.53. The van der Waals surface area contributed by atoms with E-state index >= 15 is 0 Å². The average Bonchev–Trinajstić information content (AvgIpc) is 2.38. The number of hydrogen-bond donors (Lipinski definition) is 0. The molecule has 0 bridgehead atoms. The van der Waals surface area contributed by atoms with Gasteiger partial charge in [-0.15, -0.1) is 0 Å². The lowest BCUT2D eigenvalue weighted by Gasteiger charge is -2.03. The summed E-state index contributed by atoms with van der Waals surface area (Å²) in [6.07, 6.45) is 0. The summed E-state index contributed by atoms with van der Waals surface area (Å²) in [6, 6.07) is 11.9. The summed E-state index contributed by atoms with van der Waals surface area (Å²) in [7, 11) is 1.32. The Hall–Kier alpha value is -2.27. The number of esters is 1. The second kappa shape index (κ2) is 4.71. The maximum absolute atomic E-state index is 11.0. The lowest BCUT2D eigenvalue weighted by molar-refractivity contribution is -0.133. The number of rotatable bonds is 0. The van der Waals surface area contributed by atoms with Crippen LogP contribution in [0, 0.1) is 18.8 Å². The van der Waals surface area contributed by atoms with E-state index in [9.17, 15) is 4.79 Å². The van der Waals surface area contributed by atoms with Crippen LogP contribution in [0.2, 0.25) is 0 Å². The first kappa shape index (κ1) is 11.2. The Morgan fingerprint density at radius 2 is 1.82 bits per heavy atom. The molecule has 2 aromatic rings. The van der Waals surface area contributed by atoms with Crippen molar-refractivity contribution in [1.29, 1.82) is 0 Å². The van der Waals surface area contributed by atoms with E-state index in [0.717, 1.165) is 16.3 Å². The fraction of sp³-hybridized carbons (Fsp3) is 0.133. The van der Waals surface area contributed by atoms with E-state index in [1.165, 1.54) is 12.7 Å². The molecule has 0 unspecified atom stereocenters. The van der Waals surface area contributed by atoms with Crippen molar-refractivity contribution < 1.29 is 9.53 Å². The van der Waals surface area contributed by atoms with Crippen LogP contribution in [0.1, 0.15) is 11.1 Å². The fourth-order valence-electron chi connectivity index (χ4n) is 1.73. The van der Waals surface area contributed by atoms with Crippen LogP contribution in [-0.2, 0) is 9.53 Å². The van der Waals surface area contributed by atoms with Gasteiger partial charge in [-0.3, -0.25) is 0 Å². The van der Waals surface area contributed by atoms with Gasteiger partial charge in [0, 0.05) is 11.5 Å². The molecule has 2 heteroatoms. The highest BCUT2D eigenvalue weighted by atomic mass is 16.5. The summed E-state index contributed by atoms with van der Waals surface area (Å²) in [5.41, 5.74) is 2.04. The number of hydrogen-bond acceptors (Lipinski definition) is 2. The molecule has 0 aromatic heterocycles. The molecule has 0 aliphatic carbocycles. The van der Waals surface area contributed by atoms with Gasteiger partial charge in [0.1, 0.15) is 0 Å². The monoisotopic (exact) mass is 224 g/mol. The largest absolute Gasteiger partial charge is 0.459 e. The second-order valence-corrected chi connectivity index (χ2v) is 3.72. The van der Waals surface area contributed by atoms with Gasteiger partial charge < -0.3 is 4.74 Å². The second-order valence-electron chi connectivity index (χ2n) is 3.72. The molecule has 0 amide bonds. The van der Waals surface area contributed by atoms with Gasteiger partial charge in [-0.2, -0.15) is 0 Å². The molecule has 0 aliphatic rings. The van der Waals surface area contributed by atoms with Gasteiger partial charge in [-0.05, 0) is 29.3 Å². The van der Waals surface area contributed by atoms with Gasteiger partial charge in [-0.1, -0.05) is 36.3 Å². The van der Waals surface area contributed by atoms with E-state index in [0.29, 0.717) is 0 Å². The molecule has 0 spiro atoms. The van der Waals surface area contributed by atoms with Crippen molar-refractivity contribution in [3.8, 4) is 11.8 Å². The molecule has 0 aliphatic heterocycles. The number of fused-ring (bicyclic) bond motifs is 1. The summed E-state index contributed by atoms with van der Waals surface area (Å²) in [6.45, 7) is 2.06. The first-order valence-electron chi connectivity index (χ1n) is 5.30. The summed E-state index contributed by atoms with van der Waals surface area (Å²) in [5, 5.41) is 2.22. The molecule has 0 fully saturated rings. The van der Waals surface area contributed by atoms with Crippen molar-refractivity contribution in [3.05, 3.63) is 47.5 Å². The zero-order valence-corrected chi connectivity index (χ0v) is 9.78. The van der Waals surface area contributed by atoms with Gasteiger partial charge in [0.15, 0.2) is 0 Å². The molecule has 0 N–H and O–H groups in total. The van der Waals surface area contributed by atoms with Crippen molar-refractivity contribution >= 4 is 16.7 Å². The van der Waals surface area contributed by atoms with Crippen LogP contribution >= 0.6 is 0 Å². The van der Waals surface area contributed by atoms with E-state index in [2.05, 4.69) is 23.5 Å². The summed E-state index contributed by atoms with van der Waals surface area (Å²) in [5.74, 6) is 4.77. The maximum atomic E-state index is 11.0. The van der Waals surface area contributed by atoms with E-state index in [1.54, 1.807) is 0 Å². The Morgan fingerprint density at radius 3 is 2.53 bits per heavy atom. The van der Waals surface area contributed by atoms with Crippen LogP contribution < -0.4 is 0 Å². The van der Waals surface area contributed by atoms with E-state index < -0.39 is 5.97 Å². The van der Waals surface area contributed by atoms with Crippen LogP contribution in [0.3, 0.4) is 0 Å². The number of ether oxygens (including phenoxy) is 1. The lowest BCUT2D eigenvalue weighted by Crippen LogP contribution is -1.94. The Labute approximate surface area is 100 Å². The van der Waals surface area contributed by atoms with Crippen LogP contribution in [-0.4, -0.2) is 13.1 Å². The maximum Gasteiger partial charge on any atom is 0.384 e. The quantitative estimate of drug-likeness (QED) is 0.508. The minimum Gasteiger partial charge on any atom is -0.459 e. The van der Waals surface area contributed by atoms with Crippen LogP contribution in [0.4, 0.5) is 0 Å². The standard InChI is InChI=1S/C15H12O2/c1-11-7-8-12(9-10-15(16)17-2)14-6-4-3-5-13(11)14/h3-8H,1-2H3. The minimum atomic E-state index is -0.519. The highest BCUT2D eigenvalue weighted by Gasteiger charge is 2.00. The van der Waals surface area contributed by atoms with Gasteiger partial charge in [0.25, 0.3) is 0 Å². The summed E-state index contributed by atoms with van der Waals surface area (Å²) >= 11 is 0.